The molecular formula is C27H21N3O3S2. The number of carbonyl (C=O) groups is 1. The predicted octanol–water partition coefficient (Wildman–Crippen LogP) is 6.26. The van der Waals surface area contributed by atoms with Crippen LogP contribution in [0.2, 0.25) is 0 Å². The Balaban J connectivity index is 1.30. The van der Waals surface area contributed by atoms with E-state index in [2.05, 4.69) is 16.7 Å². The molecule has 0 radical (unpaired) electrons. The molecule has 0 unspecified atom stereocenters. The molecule has 4 aromatic carbocycles. The van der Waals surface area contributed by atoms with Crippen molar-refractivity contribution in [3.8, 4) is 22.1 Å². The van der Waals surface area contributed by atoms with E-state index in [1.54, 1.807) is 30.6 Å². The molecule has 1 heterocycles. The highest BCUT2D eigenvalue weighted by Gasteiger charge is 2.16. The van der Waals surface area contributed by atoms with Gasteiger partial charge in [-0.2, -0.15) is 0 Å². The van der Waals surface area contributed by atoms with E-state index < -0.39 is 0 Å². The summed E-state index contributed by atoms with van der Waals surface area (Å²) in [4.78, 5) is 17.7. The molecule has 1 aromatic heterocycles. The Kier molecular flexibility index (Phi) is 6.31. The van der Waals surface area contributed by atoms with Crippen LogP contribution in [-0.2, 0) is 0 Å². The molecule has 5 aromatic rings. The third kappa shape index (κ3) is 4.66. The summed E-state index contributed by atoms with van der Waals surface area (Å²) in [5.41, 5.74) is 3.14. The van der Waals surface area contributed by atoms with E-state index >= 15 is 0 Å². The molecule has 5 rings (SSSR count). The summed E-state index contributed by atoms with van der Waals surface area (Å²) >= 11 is 7.03. The highest BCUT2D eigenvalue weighted by molar-refractivity contribution is 7.80. The van der Waals surface area contributed by atoms with Crippen molar-refractivity contribution < 1.29 is 14.3 Å². The van der Waals surface area contributed by atoms with E-state index in [1.807, 2.05) is 60.7 Å². The minimum absolute atomic E-state index is 0.190. The van der Waals surface area contributed by atoms with Crippen LogP contribution >= 0.6 is 23.6 Å². The van der Waals surface area contributed by atoms with Crippen LogP contribution in [-0.4, -0.2) is 30.2 Å². The number of aromatic nitrogens is 1. The summed E-state index contributed by atoms with van der Waals surface area (Å²) < 4.78 is 12.0. The summed E-state index contributed by atoms with van der Waals surface area (Å²) in [6, 6.07) is 25.0. The number of rotatable bonds is 5. The number of fused-ring (bicyclic) bond motifs is 2. The normalized spacial score (nSPS) is 10.8. The molecule has 0 aliphatic rings. The van der Waals surface area contributed by atoms with Crippen LogP contribution in [0.15, 0.2) is 78.9 Å². The summed E-state index contributed by atoms with van der Waals surface area (Å²) in [7, 11) is 3.13. The average Bonchev–Trinajstić information content (AvgIpc) is 3.32. The second-order valence-electron chi connectivity index (χ2n) is 7.71. The fourth-order valence-electron chi connectivity index (χ4n) is 3.83. The van der Waals surface area contributed by atoms with Crippen molar-refractivity contribution in [1.82, 2.24) is 10.3 Å². The zero-order valence-electron chi connectivity index (χ0n) is 19.0. The maximum Gasteiger partial charge on any atom is 0.261 e. The number of para-hydroxylation sites is 1. The maximum absolute atomic E-state index is 13.0. The number of anilines is 1. The van der Waals surface area contributed by atoms with Gasteiger partial charge in [0.15, 0.2) is 5.11 Å². The number of amides is 1. The van der Waals surface area contributed by atoms with Crippen molar-refractivity contribution in [2.75, 3.05) is 19.5 Å². The number of benzene rings is 4. The van der Waals surface area contributed by atoms with Crippen LogP contribution in [0.3, 0.4) is 0 Å². The molecule has 0 aliphatic carbocycles. The molecule has 2 N–H and O–H groups in total. The van der Waals surface area contributed by atoms with E-state index in [0.29, 0.717) is 17.1 Å². The lowest BCUT2D eigenvalue weighted by atomic mass is 10.0. The van der Waals surface area contributed by atoms with Gasteiger partial charge in [-0.05, 0) is 72.2 Å². The van der Waals surface area contributed by atoms with Crippen molar-refractivity contribution >= 4 is 61.3 Å². The molecule has 0 spiro atoms. The first-order chi connectivity index (χ1) is 17.1. The van der Waals surface area contributed by atoms with Gasteiger partial charge in [-0.1, -0.05) is 24.3 Å². The first kappa shape index (κ1) is 22.8. The number of thiocarbonyl (C=S) groups is 1. The zero-order valence-corrected chi connectivity index (χ0v) is 20.6. The van der Waals surface area contributed by atoms with Gasteiger partial charge in [0.05, 0.1) is 30.0 Å². The van der Waals surface area contributed by atoms with Crippen LogP contribution in [0.5, 0.6) is 11.5 Å². The van der Waals surface area contributed by atoms with E-state index in [9.17, 15) is 4.79 Å². The number of methoxy groups -OCH3 is 2. The number of nitrogens with zero attached hydrogens (tertiary/aromatic N) is 1. The summed E-state index contributed by atoms with van der Waals surface area (Å²) in [6.07, 6.45) is 0. The van der Waals surface area contributed by atoms with Crippen LogP contribution in [0.1, 0.15) is 10.4 Å². The largest absolute Gasteiger partial charge is 0.496 e. The Hall–Kier alpha value is -4.01. The summed E-state index contributed by atoms with van der Waals surface area (Å²) in [6.45, 7) is 0. The molecule has 0 aliphatic heterocycles. The van der Waals surface area contributed by atoms with Crippen LogP contribution in [0, 0.1) is 0 Å². The van der Waals surface area contributed by atoms with Crippen LogP contribution in [0.25, 0.3) is 31.6 Å². The summed E-state index contributed by atoms with van der Waals surface area (Å²) in [5, 5.41) is 8.66. The van der Waals surface area contributed by atoms with Crippen molar-refractivity contribution in [2.24, 2.45) is 0 Å². The highest BCUT2D eigenvalue weighted by atomic mass is 32.1. The lowest BCUT2D eigenvalue weighted by Gasteiger charge is -2.14. The monoisotopic (exact) mass is 499 g/mol. The molecule has 8 heteroatoms. The highest BCUT2D eigenvalue weighted by Crippen LogP contribution is 2.32. The van der Waals surface area contributed by atoms with Crippen LogP contribution < -0.4 is 20.1 Å². The predicted molar refractivity (Wildman–Crippen MR) is 146 cm³/mol. The van der Waals surface area contributed by atoms with Gasteiger partial charge in [-0.25, -0.2) is 4.98 Å². The minimum atomic E-state index is -0.366. The Bertz CT molecular complexity index is 1530. The molecule has 0 saturated heterocycles. The lowest BCUT2D eigenvalue weighted by Crippen LogP contribution is -2.34. The Morgan fingerprint density at radius 3 is 2.43 bits per heavy atom. The molecule has 0 atom stereocenters. The molecule has 0 saturated carbocycles. The third-order valence-corrected chi connectivity index (χ3v) is 6.83. The second kappa shape index (κ2) is 9.69. The van der Waals surface area contributed by atoms with Crippen molar-refractivity contribution in [3.05, 3.63) is 84.4 Å². The summed E-state index contributed by atoms with van der Waals surface area (Å²) in [5.74, 6) is 0.775. The van der Waals surface area contributed by atoms with E-state index in [-0.39, 0.29) is 11.0 Å². The number of thiazole rings is 1. The zero-order chi connectivity index (χ0) is 24.4. The number of carbonyl (C=O) groups excluding carboxylic acids is 1. The molecule has 6 nitrogen and oxygen atoms in total. The van der Waals surface area contributed by atoms with Gasteiger partial charge < -0.3 is 14.8 Å². The third-order valence-electron chi connectivity index (χ3n) is 5.54. The Morgan fingerprint density at radius 1 is 0.914 bits per heavy atom. The Morgan fingerprint density at radius 2 is 1.69 bits per heavy atom. The first-order valence-electron chi connectivity index (χ1n) is 10.8. The smallest absolute Gasteiger partial charge is 0.261 e. The maximum atomic E-state index is 13.0. The van der Waals surface area contributed by atoms with Gasteiger partial charge in [0.25, 0.3) is 5.91 Å². The van der Waals surface area contributed by atoms with E-state index in [1.165, 1.54) is 7.11 Å². The van der Waals surface area contributed by atoms with E-state index in [4.69, 9.17) is 26.7 Å². The number of hydrogen-bond acceptors (Lipinski definition) is 6. The van der Waals surface area contributed by atoms with Crippen LogP contribution in [0.4, 0.5) is 5.69 Å². The van der Waals surface area contributed by atoms with E-state index in [0.717, 1.165) is 37.2 Å². The van der Waals surface area contributed by atoms with Gasteiger partial charge in [-0.3, -0.25) is 10.1 Å². The molecule has 174 valence electrons. The van der Waals surface area contributed by atoms with Crippen molar-refractivity contribution in [3.63, 3.8) is 0 Å². The Labute approximate surface area is 211 Å². The van der Waals surface area contributed by atoms with Gasteiger partial charge >= 0.3 is 0 Å². The van der Waals surface area contributed by atoms with Gasteiger partial charge in [0.2, 0.25) is 0 Å². The van der Waals surface area contributed by atoms with Gasteiger partial charge in [0.1, 0.15) is 16.5 Å². The average molecular weight is 500 g/mol. The molecule has 1 amide bonds. The second-order valence-corrected chi connectivity index (χ2v) is 9.15. The number of hydrogen-bond donors (Lipinski definition) is 2. The fourth-order valence-corrected chi connectivity index (χ4v) is 5.01. The number of nitrogens with one attached hydrogen (secondary N) is 2. The topological polar surface area (TPSA) is 72.5 Å². The number of ether oxygens (including phenoxy) is 2. The lowest BCUT2D eigenvalue weighted by molar-refractivity contribution is 0.0975. The fraction of sp³-hybridized carbons (Fsp3) is 0.0741. The molecular weight excluding hydrogens is 478 g/mol. The minimum Gasteiger partial charge on any atom is -0.496 e. The molecule has 0 fully saturated rings. The molecule has 35 heavy (non-hydrogen) atoms. The quantitative estimate of drug-likeness (QED) is 0.278. The van der Waals surface area contributed by atoms with Gasteiger partial charge in [-0.15, -0.1) is 11.3 Å². The molecule has 0 bridgehead atoms. The SMILES string of the molecule is COc1cc2c(OC)cccc2cc1C(=O)NC(=S)Nc1ccc(-c2nc3ccccc3s2)cc1. The van der Waals surface area contributed by atoms with Crippen molar-refractivity contribution in [1.29, 1.82) is 0 Å². The standard InChI is InChI=1S/C27H21N3O3S2/c1-32-22-8-5-6-17-14-20(23(33-2)15-19(17)22)25(31)30-27(34)28-18-12-10-16(11-13-18)26-29-21-7-3-4-9-24(21)35-26/h3-15H,1-2H3,(H2,28,30,31,34). The van der Waals surface area contributed by atoms with Gasteiger partial charge in [0, 0.05) is 16.6 Å². The first-order valence-corrected chi connectivity index (χ1v) is 12.0. The van der Waals surface area contributed by atoms with Crippen molar-refractivity contribution in [2.45, 2.75) is 0 Å².